The van der Waals surface area contributed by atoms with Gasteiger partial charge in [-0.2, -0.15) is 0 Å². The molecule has 1 saturated heterocycles. The van der Waals surface area contributed by atoms with Crippen LogP contribution in [0.3, 0.4) is 0 Å². The van der Waals surface area contributed by atoms with Crippen LogP contribution in [0.1, 0.15) is 39.5 Å². The Labute approximate surface area is 93.4 Å². The minimum atomic E-state index is 0.206. The third-order valence-corrected chi connectivity index (χ3v) is 4.00. The molecule has 2 atom stereocenters. The minimum absolute atomic E-state index is 0.206. The van der Waals surface area contributed by atoms with Crippen LogP contribution in [0.2, 0.25) is 0 Å². The molecule has 3 nitrogen and oxygen atoms in total. The van der Waals surface area contributed by atoms with Crippen molar-refractivity contribution in [3.8, 4) is 0 Å². The van der Waals surface area contributed by atoms with Crippen molar-refractivity contribution in [2.75, 3.05) is 19.6 Å². The number of rotatable bonds is 5. The molecule has 2 aliphatic rings. The number of nitrogens with two attached hydrogens (primary N) is 1. The van der Waals surface area contributed by atoms with Gasteiger partial charge in [-0.25, -0.2) is 0 Å². The van der Waals surface area contributed by atoms with Crippen molar-refractivity contribution >= 4 is 0 Å². The summed E-state index contributed by atoms with van der Waals surface area (Å²) >= 11 is 0. The van der Waals surface area contributed by atoms with Gasteiger partial charge in [0.2, 0.25) is 0 Å². The van der Waals surface area contributed by atoms with Crippen molar-refractivity contribution < 1.29 is 0 Å². The van der Waals surface area contributed by atoms with Crippen molar-refractivity contribution in [1.82, 2.24) is 10.2 Å². The fourth-order valence-corrected chi connectivity index (χ4v) is 2.62. The van der Waals surface area contributed by atoms with Gasteiger partial charge in [-0.15, -0.1) is 0 Å². The normalized spacial score (nSPS) is 34.6. The van der Waals surface area contributed by atoms with E-state index >= 15 is 0 Å². The lowest BCUT2D eigenvalue weighted by Gasteiger charge is -2.32. The molecule has 0 amide bonds. The van der Waals surface area contributed by atoms with E-state index in [1.165, 1.54) is 38.8 Å². The van der Waals surface area contributed by atoms with Crippen LogP contribution in [0.5, 0.6) is 0 Å². The number of likely N-dealkylation sites (tertiary alicyclic amines) is 1. The van der Waals surface area contributed by atoms with Crippen LogP contribution in [0, 0.1) is 0 Å². The standard InChI is InChI=1S/C12H25N3/c1-3-10(2)14-12(8-13)6-7-15(9-12)11-4-5-11/h10-11,14H,3-9,13H2,1-2H3. The van der Waals surface area contributed by atoms with E-state index in [4.69, 9.17) is 5.73 Å². The Hall–Kier alpha value is -0.120. The zero-order chi connectivity index (χ0) is 10.9. The molecule has 0 aromatic carbocycles. The van der Waals surface area contributed by atoms with E-state index < -0.39 is 0 Å². The largest absolute Gasteiger partial charge is 0.329 e. The molecule has 2 fully saturated rings. The second-order valence-electron chi connectivity index (χ2n) is 5.39. The number of nitrogens with zero attached hydrogens (tertiary/aromatic N) is 1. The SMILES string of the molecule is CCC(C)NC1(CN)CCN(C2CC2)C1. The molecule has 3 N–H and O–H groups in total. The van der Waals surface area contributed by atoms with Gasteiger partial charge < -0.3 is 11.1 Å². The summed E-state index contributed by atoms with van der Waals surface area (Å²) < 4.78 is 0. The van der Waals surface area contributed by atoms with Crippen LogP contribution < -0.4 is 11.1 Å². The predicted octanol–water partition coefficient (Wildman–Crippen LogP) is 0.940. The van der Waals surface area contributed by atoms with Gasteiger partial charge >= 0.3 is 0 Å². The molecule has 0 aromatic rings. The van der Waals surface area contributed by atoms with Crippen LogP contribution in [0.15, 0.2) is 0 Å². The summed E-state index contributed by atoms with van der Waals surface area (Å²) in [7, 11) is 0. The lowest BCUT2D eigenvalue weighted by molar-refractivity contribution is 0.259. The Bertz CT molecular complexity index is 215. The average molecular weight is 211 g/mol. The summed E-state index contributed by atoms with van der Waals surface area (Å²) in [6.45, 7) is 7.68. The van der Waals surface area contributed by atoms with Crippen LogP contribution in [-0.2, 0) is 0 Å². The van der Waals surface area contributed by atoms with E-state index in [1.54, 1.807) is 0 Å². The third-order valence-electron chi connectivity index (χ3n) is 4.00. The van der Waals surface area contributed by atoms with E-state index in [1.807, 2.05) is 0 Å². The molecule has 15 heavy (non-hydrogen) atoms. The second-order valence-corrected chi connectivity index (χ2v) is 5.39. The maximum absolute atomic E-state index is 5.97. The van der Waals surface area contributed by atoms with Crippen molar-refractivity contribution in [3.63, 3.8) is 0 Å². The molecular formula is C12H25N3. The van der Waals surface area contributed by atoms with Crippen LogP contribution >= 0.6 is 0 Å². The Balaban J connectivity index is 1.91. The Morgan fingerprint density at radius 1 is 1.53 bits per heavy atom. The van der Waals surface area contributed by atoms with Gasteiger partial charge in [0.25, 0.3) is 0 Å². The van der Waals surface area contributed by atoms with Crippen molar-refractivity contribution in [3.05, 3.63) is 0 Å². The molecule has 1 heterocycles. The van der Waals surface area contributed by atoms with Crippen molar-refractivity contribution in [1.29, 1.82) is 0 Å². The molecule has 3 heteroatoms. The lowest BCUT2D eigenvalue weighted by atomic mass is 9.97. The molecule has 0 aromatic heterocycles. The van der Waals surface area contributed by atoms with Gasteiger partial charge in [0.15, 0.2) is 0 Å². The third kappa shape index (κ3) is 2.52. The zero-order valence-corrected chi connectivity index (χ0v) is 10.1. The summed E-state index contributed by atoms with van der Waals surface area (Å²) in [6.07, 6.45) is 5.23. The van der Waals surface area contributed by atoms with Gasteiger partial charge in [-0.3, -0.25) is 4.90 Å². The van der Waals surface area contributed by atoms with E-state index in [9.17, 15) is 0 Å². The fourth-order valence-electron chi connectivity index (χ4n) is 2.62. The Morgan fingerprint density at radius 3 is 2.80 bits per heavy atom. The first kappa shape index (κ1) is 11.4. The summed E-state index contributed by atoms with van der Waals surface area (Å²) in [6, 6.07) is 1.48. The smallest absolute Gasteiger partial charge is 0.0446 e. The zero-order valence-electron chi connectivity index (χ0n) is 10.1. The average Bonchev–Trinajstić information content (AvgIpc) is 3.02. The fraction of sp³-hybridized carbons (Fsp3) is 1.00. The van der Waals surface area contributed by atoms with Crippen LogP contribution in [0.4, 0.5) is 0 Å². The van der Waals surface area contributed by atoms with E-state index in [0.29, 0.717) is 6.04 Å². The number of hydrogen-bond acceptors (Lipinski definition) is 3. The maximum atomic E-state index is 5.97. The number of hydrogen-bond donors (Lipinski definition) is 2. The Kier molecular flexibility index (Phi) is 3.33. The summed E-state index contributed by atoms with van der Waals surface area (Å²) in [5.41, 5.74) is 6.17. The number of nitrogens with one attached hydrogen (secondary N) is 1. The highest BCUT2D eigenvalue weighted by Gasteiger charge is 2.42. The van der Waals surface area contributed by atoms with Gasteiger partial charge in [-0.1, -0.05) is 6.92 Å². The van der Waals surface area contributed by atoms with Crippen LogP contribution in [0.25, 0.3) is 0 Å². The van der Waals surface area contributed by atoms with Crippen molar-refractivity contribution in [2.24, 2.45) is 5.73 Å². The van der Waals surface area contributed by atoms with Crippen molar-refractivity contribution in [2.45, 2.75) is 57.2 Å². The molecule has 0 bridgehead atoms. The molecular weight excluding hydrogens is 186 g/mol. The first-order chi connectivity index (χ1) is 7.19. The van der Waals surface area contributed by atoms with E-state index in [-0.39, 0.29) is 5.54 Å². The van der Waals surface area contributed by atoms with Gasteiger partial charge in [0.05, 0.1) is 0 Å². The lowest BCUT2D eigenvalue weighted by Crippen LogP contribution is -2.56. The van der Waals surface area contributed by atoms with Gasteiger partial charge in [0.1, 0.15) is 0 Å². The quantitative estimate of drug-likeness (QED) is 0.711. The second kappa shape index (κ2) is 4.40. The molecule has 2 rings (SSSR count). The van der Waals surface area contributed by atoms with Crippen LogP contribution in [-0.4, -0.2) is 42.2 Å². The van der Waals surface area contributed by atoms with Gasteiger partial charge in [0, 0.05) is 37.3 Å². The molecule has 1 aliphatic carbocycles. The molecule has 1 aliphatic heterocycles. The highest BCUT2D eigenvalue weighted by atomic mass is 15.3. The Morgan fingerprint density at radius 2 is 2.27 bits per heavy atom. The predicted molar refractivity (Wildman–Crippen MR) is 63.9 cm³/mol. The first-order valence-corrected chi connectivity index (χ1v) is 6.41. The summed E-state index contributed by atoms with van der Waals surface area (Å²) in [4.78, 5) is 2.63. The minimum Gasteiger partial charge on any atom is -0.329 e. The van der Waals surface area contributed by atoms with E-state index in [0.717, 1.165) is 12.6 Å². The molecule has 0 radical (unpaired) electrons. The summed E-state index contributed by atoms with van der Waals surface area (Å²) in [5.74, 6) is 0. The molecule has 88 valence electrons. The highest BCUT2D eigenvalue weighted by molar-refractivity contribution is 5.03. The highest BCUT2D eigenvalue weighted by Crippen LogP contribution is 2.33. The first-order valence-electron chi connectivity index (χ1n) is 6.41. The maximum Gasteiger partial charge on any atom is 0.0446 e. The summed E-state index contributed by atoms with van der Waals surface area (Å²) in [5, 5.41) is 3.74. The monoisotopic (exact) mass is 211 g/mol. The molecule has 1 saturated carbocycles. The van der Waals surface area contributed by atoms with Gasteiger partial charge in [-0.05, 0) is 32.6 Å². The topological polar surface area (TPSA) is 41.3 Å². The molecule has 0 spiro atoms. The van der Waals surface area contributed by atoms with E-state index in [2.05, 4.69) is 24.1 Å². The molecule has 2 unspecified atom stereocenters.